The number of amides is 2. The third-order valence-electron chi connectivity index (χ3n) is 5.78. The average Bonchev–Trinajstić information content (AvgIpc) is 2.95. The van der Waals surface area contributed by atoms with E-state index in [-0.39, 0.29) is 24.6 Å². The minimum Gasteiger partial charge on any atom is -0.406 e. The average molecular weight is 568 g/mol. The molecular weight excluding hydrogens is 539 g/mol. The van der Waals surface area contributed by atoms with Gasteiger partial charge in [-0.2, -0.15) is 0 Å². The summed E-state index contributed by atoms with van der Waals surface area (Å²) in [5, 5.41) is 14.2. The molecule has 3 aromatic rings. The molecule has 0 saturated heterocycles. The molecule has 5 N–H and O–H groups in total. The van der Waals surface area contributed by atoms with Crippen LogP contribution in [0.5, 0.6) is 5.75 Å². The van der Waals surface area contributed by atoms with Gasteiger partial charge in [0.2, 0.25) is 5.91 Å². The van der Waals surface area contributed by atoms with E-state index in [9.17, 15) is 27.6 Å². The van der Waals surface area contributed by atoms with Crippen LogP contribution in [0.4, 0.5) is 18.9 Å². The molecule has 3 aromatic carbocycles. The van der Waals surface area contributed by atoms with Crippen LogP contribution in [0.3, 0.4) is 0 Å². The molecule has 214 valence electrons. The third-order valence-corrected chi connectivity index (χ3v) is 5.78. The molecule has 2 amide bonds. The minimum atomic E-state index is -4.74. The van der Waals surface area contributed by atoms with Crippen molar-refractivity contribution in [3.05, 3.63) is 95.1 Å². The number of hydrogen-bond donors (Lipinski definition) is 4. The van der Waals surface area contributed by atoms with Gasteiger partial charge in [-0.3, -0.25) is 14.4 Å². The maximum absolute atomic E-state index is 12.3. The van der Waals surface area contributed by atoms with Gasteiger partial charge in [-0.15, -0.1) is 13.2 Å². The number of hydrogen-bond acceptors (Lipinski definition) is 6. The summed E-state index contributed by atoms with van der Waals surface area (Å²) in [4.78, 5) is 36.1. The largest absolute Gasteiger partial charge is 0.573 e. The number of Topliss-reactive ketones (excluding diaryl/α,β-unsaturated/α-hetero) is 1. The summed E-state index contributed by atoms with van der Waals surface area (Å²) in [6.07, 6.45) is -3.46. The van der Waals surface area contributed by atoms with Crippen LogP contribution in [0, 0.1) is 11.8 Å². The fraction of sp³-hybridized carbons (Fsp3) is 0.233. The lowest BCUT2D eigenvalue weighted by Crippen LogP contribution is -2.46. The summed E-state index contributed by atoms with van der Waals surface area (Å²) in [6, 6.07) is 18.0. The van der Waals surface area contributed by atoms with Crippen LogP contribution in [-0.4, -0.2) is 48.3 Å². The predicted octanol–water partition coefficient (Wildman–Crippen LogP) is 3.56. The van der Waals surface area contributed by atoms with E-state index in [0.29, 0.717) is 35.2 Å². The van der Waals surface area contributed by atoms with Crippen molar-refractivity contribution in [1.82, 2.24) is 5.32 Å². The van der Waals surface area contributed by atoms with E-state index in [0.717, 1.165) is 5.56 Å². The van der Waals surface area contributed by atoms with Crippen LogP contribution in [0.1, 0.15) is 39.9 Å². The number of carbonyl (C=O) groups excluding carboxylic acids is 3. The fourth-order valence-electron chi connectivity index (χ4n) is 3.64. The summed E-state index contributed by atoms with van der Waals surface area (Å²) in [6.45, 7) is -0.834. The van der Waals surface area contributed by atoms with Gasteiger partial charge >= 0.3 is 6.36 Å². The third kappa shape index (κ3) is 10.4. The number of halogens is 3. The number of carbonyl (C=O) groups is 3. The smallest absolute Gasteiger partial charge is 0.406 e. The van der Waals surface area contributed by atoms with Gasteiger partial charge < -0.3 is 26.2 Å². The Balaban J connectivity index is 1.45. The minimum absolute atomic E-state index is 0.123. The first-order valence-electron chi connectivity index (χ1n) is 12.6. The van der Waals surface area contributed by atoms with Gasteiger partial charge in [0.05, 0.1) is 0 Å². The highest BCUT2D eigenvalue weighted by atomic mass is 19.4. The number of aliphatic hydroxyl groups excluding tert-OH is 1. The molecule has 0 aromatic heterocycles. The van der Waals surface area contributed by atoms with Crippen molar-refractivity contribution in [3.8, 4) is 17.6 Å². The van der Waals surface area contributed by atoms with Crippen LogP contribution in [0.15, 0.2) is 72.8 Å². The first-order chi connectivity index (χ1) is 19.6. The molecular formula is C30H28F3N3O5. The molecule has 0 unspecified atom stereocenters. The normalized spacial score (nSPS) is 11.5. The summed E-state index contributed by atoms with van der Waals surface area (Å²) in [5.74, 6) is 4.44. The van der Waals surface area contributed by atoms with Crippen LogP contribution in [-0.2, 0) is 16.0 Å². The number of anilines is 1. The van der Waals surface area contributed by atoms with Crippen molar-refractivity contribution in [2.75, 3.05) is 18.5 Å². The van der Waals surface area contributed by atoms with E-state index in [1.165, 1.54) is 24.3 Å². The van der Waals surface area contributed by atoms with Gasteiger partial charge in [-0.25, -0.2) is 0 Å². The maximum atomic E-state index is 12.3. The lowest BCUT2D eigenvalue weighted by molar-refractivity contribution is -0.274. The second kappa shape index (κ2) is 14.6. The quantitative estimate of drug-likeness (QED) is 0.262. The van der Waals surface area contributed by atoms with Gasteiger partial charge in [-0.1, -0.05) is 24.0 Å². The highest BCUT2D eigenvalue weighted by Gasteiger charge is 2.30. The summed E-state index contributed by atoms with van der Waals surface area (Å²) < 4.78 is 40.6. The zero-order chi connectivity index (χ0) is 29.8. The van der Waals surface area contributed by atoms with Crippen LogP contribution < -0.4 is 21.1 Å². The molecule has 8 nitrogen and oxygen atoms in total. The molecule has 0 aliphatic heterocycles. The van der Waals surface area contributed by atoms with E-state index < -0.39 is 30.7 Å². The number of rotatable bonds is 11. The maximum Gasteiger partial charge on any atom is 0.573 e. The van der Waals surface area contributed by atoms with Crippen molar-refractivity contribution < 1.29 is 37.4 Å². The number of nitrogens with one attached hydrogen (secondary N) is 2. The molecule has 0 aliphatic carbocycles. The Morgan fingerprint density at radius 2 is 1.49 bits per heavy atom. The Hall–Kier alpha value is -4.66. The molecule has 1 atom stereocenters. The molecule has 11 heteroatoms. The highest BCUT2D eigenvalue weighted by molar-refractivity contribution is 5.98. The Morgan fingerprint density at radius 3 is 2.02 bits per heavy atom. The number of alkyl halides is 3. The molecule has 0 aliphatic rings. The first kappa shape index (κ1) is 30.9. The standard InChI is InChI=1S/C30H28F3N3O5/c31-30(32,33)41-25-16-10-20(11-17-25)2-1-3-28(39)35-24-14-8-22(9-15-24)5-4-21-6-12-23(13-7-21)29(40)36-26(18-34)27(38)19-37/h6-17,26,37H,1-3,18-19,34H2,(H,35,39)(H,36,40)/t26-/m0/s1. The van der Waals surface area contributed by atoms with Crippen LogP contribution in [0.2, 0.25) is 0 Å². The van der Waals surface area contributed by atoms with Crippen LogP contribution >= 0.6 is 0 Å². The molecule has 41 heavy (non-hydrogen) atoms. The second-order valence-corrected chi connectivity index (χ2v) is 8.88. The number of ketones is 1. The number of aryl methyl sites for hydroxylation is 1. The second-order valence-electron chi connectivity index (χ2n) is 8.88. The highest BCUT2D eigenvalue weighted by Crippen LogP contribution is 2.23. The first-order valence-corrected chi connectivity index (χ1v) is 12.6. The predicted molar refractivity (Wildman–Crippen MR) is 146 cm³/mol. The van der Waals surface area contributed by atoms with Gasteiger partial charge in [0.25, 0.3) is 5.91 Å². The Labute approximate surface area is 234 Å². The van der Waals surface area contributed by atoms with Crippen molar-refractivity contribution in [2.24, 2.45) is 5.73 Å². The zero-order valence-corrected chi connectivity index (χ0v) is 21.8. The van der Waals surface area contributed by atoms with Crippen molar-refractivity contribution in [3.63, 3.8) is 0 Å². The molecule has 0 saturated carbocycles. The molecule has 0 heterocycles. The Bertz CT molecular complexity index is 1400. The number of ether oxygens (including phenoxy) is 1. The van der Waals surface area contributed by atoms with Gasteiger partial charge in [0, 0.05) is 35.3 Å². The van der Waals surface area contributed by atoms with Gasteiger partial charge in [-0.05, 0) is 79.1 Å². The van der Waals surface area contributed by atoms with E-state index >= 15 is 0 Å². The lowest BCUT2D eigenvalue weighted by atomic mass is 10.1. The summed E-state index contributed by atoms with van der Waals surface area (Å²) >= 11 is 0. The molecule has 0 radical (unpaired) electrons. The molecule has 0 bridgehead atoms. The summed E-state index contributed by atoms with van der Waals surface area (Å²) in [7, 11) is 0. The number of benzene rings is 3. The van der Waals surface area contributed by atoms with Gasteiger partial charge in [0.1, 0.15) is 18.4 Å². The van der Waals surface area contributed by atoms with Crippen molar-refractivity contribution in [1.29, 1.82) is 0 Å². The van der Waals surface area contributed by atoms with Crippen molar-refractivity contribution in [2.45, 2.75) is 31.7 Å². The lowest BCUT2D eigenvalue weighted by Gasteiger charge is -2.14. The SMILES string of the molecule is NC[C@H](NC(=O)c1ccc(C#Cc2ccc(NC(=O)CCCc3ccc(OC(F)(F)F)cc3)cc2)cc1)C(=O)CO. The number of aliphatic hydroxyl groups is 1. The summed E-state index contributed by atoms with van der Waals surface area (Å²) in [5.41, 5.74) is 8.54. The monoisotopic (exact) mass is 567 g/mol. The Morgan fingerprint density at radius 1 is 0.902 bits per heavy atom. The van der Waals surface area contributed by atoms with Crippen molar-refractivity contribution >= 4 is 23.3 Å². The van der Waals surface area contributed by atoms with Crippen LogP contribution in [0.25, 0.3) is 0 Å². The van der Waals surface area contributed by atoms with E-state index in [2.05, 4.69) is 27.2 Å². The molecule has 3 rings (SSSR count). The zero-order valence-electron chi connectivity index (χ0n) is 21.8. The fourth-order valence-corrected chi connectivity index (χ4v) is 3.64. The van der Waals surface area contributed by atoms with E-state index in [1.54, 1.807) is 48.5 Å². The molecule has 0 spiro atoms. The Kier molecular flexibility index (Phi) is 11.0. The number of nitrogens with two attached hydrogens (primary N) is 1. The molecule has 0 fully saturated rings. The topological polar surface area (TPSA) is 131 Å². The van der Waals surface area contributed by atoms with Gasteiger partial charge in [0.15, 0.2) is 5.78 Å². The van der Waals surface area contributed by atoms with E-state index in [4.69, 9.17) is 10.8 Å². The van der Waals surface area contributed by atoms with E-state index in [1.807, 2.05) is 0 Å².